The maximum Gasteiger partial charge on any atom is 0.231 e. The van der Waals surface area contributed by atoms with Crippen LogP contribution < -0.4 is 19.5 Å². The summed E-state index contributed by atoms with van der Waals surface area (Å²) in [6, 6.07) is 9.73. The van der Waals surface area contributed by atoms with E-state index < -0.39 is 6.10 Å². The van der Waals surface area contributed by atoms with Gasteiger partial charge in [0.05, 0.1) is 0 Å². The molecule has 0 spiro atoms. The number of hydrogen-bond donors (Lipinski definition) is 2. The lowest BCUT2D eigenvalue weighted by atomic mass is 10.1. The first kappa shape index (κ1) is 16.5. The van der Waals surface area contributed by atoms with Crippen molar-refractivity contribution in [3.63, 3.8) is 0 Å². The van der Waals surface area contributed by atoms with Gasteiger partial charge in [0, 0.05) is 18.3 Å². The fraction of sp³-hybridized carbons (Fsp3) is 0.389. The van der Waals surface area contributed by atoms with Crippen molar-refractivity contribution >= 4 is 0 Å². The van der Waals surface area contributed by atoms with Crippen LogP contribution in [0.5, 0.6) is 17.4 Å². The zero-order chi connectivity index (χ0) is 16.8. The predicted molar refractivity (Wildman–Crippen MR) is 89.6 cm³/mol. The second-order valence-electron chi connectivity index (χ2n) is 5.73. The van der Waals surface area contributed by atoms with E-state index in [2.05, 4.69) is 10.3 Å². The number of hydrogen-bond acceptors (Lipinski definition) is 6. The lowest BCUT2D eigenvalue weighted by Crippen LogP contribution is -2.32. The topological polar surface area (TPSA) is 72.8 Å². The second kappa shape index (κ2) is 7.99. The van der Waals surface area contributed by atoms with Crippen LogP contribution in [0.3, 0.4) is 0 Å². The van der Waals surface area contributed by atoms with E-state index in [0.717, 1.165) is 30.0 Å². The highest BCUT2D eigenvalue weighted by atomic mass is 16.7. The number of ether oxygens (including phenoxy) is 3. The fourth-order valence-electron chi connectivity index (χ4n) is 2.45. The van der Waals surface area contributed by atoms with Crippen LogP contribution in [-0.2, 0) is 6.42 Å². The van der Waals surface area contributed by atoms with Gasteiger partial charge in [0.25, 0.3) is 0 Å². The minimum Gasteiger partial charge on any atom is -0.475 e. The van der Waals surface area contributed by atoms with Crippen molar-refractivity contribution in [1.29, 1.82) is 0 Å². The van der Waals surface area contributed by atoms with E-state index in [9.17, 15) is 5.11 Å². The number of nitrogens with one attached hydrogen (secondary N) is 1. The molecule has 0 fully saturated rings. The van der Waals surface area contributed by atoms with E-state index in [-0.39, 0.29) is 6.61 Å². The molecule has 1 atom stereocenters. The summed E-state index contributed by atoms with van der Waals surface area (Å²) in [5.74, 6) is 2.16. The summed E-state index contributed by atoms with van der Waals surface area (Å²) in [4.78, 5) is 4.14. The van der Waals surface area contributed by atoms with Crippen molar-refractivity contribution in [3.8, 4) is 17.4 Å². The zero-order valence-corrected chi connectivity index (χ0v) is 13.7. The number of pyridine rings is 1. The molecule has 1 aliphatic heterocycles. The molecule has 1 aromatic heterocycles. The van der Waals surface area contributed by atoms with Gasteiger partial charge in [-0.25, -0.2) is 4.98 Å². The van der Waals surface area contributed by atoms with Crippen molar-refractivity contribution in [3.05, 3.63) is 47.7 Å². The van der Waals surface area contributed by atoms with Gasteiger partial charge in [-0.05, 0) is 43.7 Å². The van der Waals surface area contributed by atoms with E-state index in [4.69, 9.17) is 14.2 Å². The van der Waals surface area contributed by atoms with Gasteiger partial charge in [0.2, 0.25) is 12.7 Å². The summed E-state index contributed by atoms with van der Waals surface area (Å²) < 4.78 is 16.2. The van der Waals surface area contributed by atoms with E-state index >= 15 is 0 Å². The molecule has 24 heavy (non-hydrogen) atoms. The number of fused-ring (bicyclic) bond motifs is 1. The normalized spacial score (nSPS) is 13.8. The Labute approximate surface area is 141 Å². The highest BCUT2D eigenvalue weighted by molar-refractivity contribution is 5.44. The molecule has 6 heteroatoms. The van der Waals surface area contributed by atoms with Crippen LogP contribution in [0, 0.1) is 6.92 Å². The van der Waals surface area contributed by atoms with Gasteiger partial charge in [-0.1, -0.05) is 12.1 Å². The smallest absolute Gasteiger partial charge is 0.231 e. The van der Waals surface area contributed by atoms with Crippen molar-refractivity contribution in [2.24, 2.45) is 0 Å². The average Bonchev–Trinajstić information content (AvgIpc) is 3.06. The van der Waals surface area contributed by atoms with E-state index in [0.29, 0.717) is 19.2 Å². The number of aliphatic hydroxyl groups excluding tert-OH is 1. The minimum atomic E-state index is -0.580. The van der Waals surface area contributed by atoms with Gasteiger partial charge >= 0.3 is 0 Å². The maximum atomic E-state index is 9.97. The number of aromatic nitrogens is 1. The highest BCUT2D eigenvalue weighted by Crippen LogP contribution is 2.32. The summed E-state index contributed by atoms with van der Waals surface area (Å²) in [5.41, 5.74) is 2.13. The Kier molecular flexibility index (Phi) is 5.51. The largest absolute Gasteiger partial charge is 0.475 e. The first-order valence-electron chi connectivity index (χ1n) is 8.04. The second-order valence-corrected chi connectivity index (χ2v) is 5.73. The van der Waals surface area contributed by atoms with Crippen molar-refractivity contribution in [1.82, 2.24) is 10.3 Å². The Morgan fingerprint density at radius 3 is 3.04 bits per heavy atom. The van der Waals surface area contributed by atoms with Gasteiger partial charge in [-0.15, -0.1) is 0 Å². The summed E-state index contributed by atoms with van der Waals surface area (Å²) in [5, 5.41) is 13.2. The van der Waals surface area contributed by atoms with Crippen LogP contribution in [0.25, 0.3) is 0 Å². The Morgan fingerprint density at radius 2 is 2.17 bits per heavy atom. The van der Waals surface area contributed by atoms with Gasteiger partial charge in [-0.3, -0.25) is 0 Å². The molecule has 3 rings (SSSR count). The van der Waals surface area contributed by atoms with Gasteiger partial charge in [0.15, 0.2) is 11.5 Å². The molecule has 0 saturated carbocycles. The first-order valence-corrected chi connectivity index (χ1v) is 8.04. The Balaban J connectivity index is 1.35. The zero-order valence-electron chi connectivity index (χ0n) is 13.7. The average molecular weight is 330 g/mol. The predicted octanol–water partition coefficient (Wildman–Crippen LogP) is 1.69. The molecule has 2 aromatic rings. The van der Waals surface area contributed by atoms with Gasteiger partial charge in [-0.2, -0.15) is 0 Å². The molecule has 128 valence electrons. The summed E-state index contributed by atoms with van der Waals surface area (Å²) in [7, 11) is 0. The molecule has 2 heterocycles. The number of rotatable bonds is 8. The van der Waals surface area contributed by atoms with E-state index in [1.165, 1.54) is 5.56 Å². The van der Waals surface area contributed by atoms with Crippen LogP contribution in [0.4, 0.5) is 0 Å². The molecule has 0 bridgehead atoms. The lowest BCUT2D eigenvalue weighted by Gasteiger charge is -2.13. The molecule has 0 aliphatic carbocycles. The molecular formula is C18H22N2O4. The third kappa shape index (κ3) is 4.37. The number of aryl methyl sites for hydroxylation is 1. The molecule has 1 aliphatic rings. The van der Waals surface area contributed by atoms with E-state index in [1.54, 1.807) is 6.20 Å². The molecule has 0 amide bonds. The molecule has 1 aromatic carbocycles. The first-order chi connectivity index (χ1) is 11.7. The minimum absolute atomic E-state index is 0.217. The van der Waals surface area contributed by atoms with Crippen molar-refractivity contribution in [2.45, 2.75) is 19.4 Å². The van der Waals surface area contributed by atoms with Crippen molar-refractivity contribution in [2.75, 3.05) is 26.5 Å². The SMILES string of the molecule is Cc1cccnc1OCC(O)CNCCc1ccc2c(c1)OCO2. The van der Waals surface area contributed by atoms with Crippen molar-refractivity contribution < 1.29 is 19.3 Å². The molecule has 1 unspecified atom stereocenters. The standard InChI is InChI=1S/C18H22N2O4/c1-13-3-2-7-20-18(13)22-11-15(21)10-19-8-6-14-4-5-16-17(9-14)24-12-23-16/h2-5,7,9,15,19,21H,6,8,10-12H2,1H3. The molecule has 6 nitrogen and oxygen atoms in total. The number of aliphatic hydroxyl groups is 1. The van der Waals surface area contributed by atoms with Crippen LogP contribution >= 0.6 is 0 Å². The summed E-state index contributed by atoms with van der Waals surface area (Å²) in [6.07, 6.45) is 1.95. The molecule has 2 N–H and O–H groups in total. The quantitative estimate of drug-likeness (QED) is 0.718. The molecule has 0 saturated heterocycles. The van der Waals surface area contributed by atoms with Crippen LogP contribution in [-0.4, -0.2) is 42.7 Å². The van der Waals surface area contributed by atoms with Crippen LogP contribution in [0.15, 0.2) is 36.5 Å². The Bertz CT molecular complexity index is 678. The van der Waals surface area contributed by atoms with E-state index in [1.807, 2.05) is 37.3 Å². The summed E-state index contributed by atoms with van der Waals surface area (Å²) >= 11 is 0. The number of benzene rings is 1. The summed E-state index contributed by atoms with van der Waals surface area (Å²) in [6.45, 7) is 3.67. The lowest BCUT2D eigenvalue weighted by molar-refractivity contribution is 0.104. The third-order valence-corrected chi connectivity index (χ3v) is 3.78. The van der Waals surface area contributed by atoms with Crippen LogP contribution in [0.1, 0.15) is 11.1 Å². The monoisotopic (exact) mass is 330 g/mol. The molecule has 0 radical (unpaired) electrons. The Morgan fingerprint density at radius 1 is 1.29 bits per heavy atom. The third-order valence-electron chi connectivity index (χ3n) is 3.78. The van der Waals surface area contributed by atoms with Crippen LogP contribution in [0.2, 0.25) is 0 Å². The van der Waals surface area contributed by atoms with Gasteiger partial charge < -0.3 is 24.6 Å². The highest BCUT2D eigenvalue weighted by Gasteiger charge is 2.13. The Hall–Kier alpha value is -2.31. The fourth-order valence-corrected chi connectivity index (χ4v) is 2.45. The number of nitrogens with zero attached hydrogens (tertiary/aromatic N) is 1. The maximum absolute atomic E-state index is 9.97. The molecular weight excluding hydrogens is 308 g/mol. The van der Waals surface area contributed by atoms with Gasteiger partial charge in [0.1, 0.15) is 12.7 Å².